The standard InChI is InChI=1S/C11H9N3/c1-8-12-6-11-10-5-3-2-4-9(10)7-14(11)13-8/h2-7H,1H3. The van der Waals surface area contributed by atoms with Gasteiger partial charge in [0.1, 0.15) is 5.82 Å². The minimum atomic E-state index is 0.790. The summed E-state index contributed by atoms with van der Waals surface area (Å²) in [6.07, 6.45) is 3.89. The summed E-state index contributed by atoms with van der Waals surface area (Å²) in [6, 6.07) is 8.23. The maximum absolute atomic E-state index is 4.32. The minimum absolute atomic E-state index is 0.790. The van der Waals surface area contributed by atoms with Gasteiger partial charge in [-0.15, -0.1) is 0 Å². The molecular weight excluding hydrogens is 174 g/mol. The molecule has 3 aromatic rings. The van der Waals surface area contributed by atoms with Crippen molar-refractivity contribution in [2.75, 3.05) is 0 Å². The highest BCUT2D eigenvalue weighted by Gasteiger charge is 2.02. The lowest BCUT2D eigenvalue weighted by atomic mass is 10.2. The SMILES string of the molecule is Cc1ncc2c3ccccc3cn2n1. The van der Waals surface area contributed by atoms with Gasteiger partial charge in [0.2, 0.25) is 0 Å². The number of aryl methyl sites for hydroxylation is 1. The molecule has 0 unspecified atom stereocenters. The Labute approximate surface area is 81.0 Å². The molecular formula is C11H9N3. The molecule has 0 saturated heterocycles. The fraction of sp³-hybridized carbons (Fsp3) is 0.0909. The molecule has 0 radical (unpaired) electrons. The van der Waals surface area contributed by atoms with Gasteiger partial charge in [0.05, 0.1) is 11.7 Å². The van der Waals surface area contributed by atoms with Crippen molar-refractivity contribution >= 4 is 16.3 Å². The van der Waals surface area contributed by atoms with Gasteiger partial charge in [-0.2, -0.15) is 5.10 Å². The van der Waals surface area contributed by atoms with Crippen molar-refractivity contribution in [1.82, 2.24) is 14.6 Å². The molecule has 0 amide bonds. The number of benzene rings is 1. The molecule has 0 aliphatic rings. The lowest BCUT2D eigenvalue weighted by molar-refractivity contribution is 0.859. The zero-order valence-corrected chi connectivity index (χ0v) is 7.81. The molecule has 0 spiro atoms. The summed E-state index contributed by atoms with van der Waals surface area (Å²) in [7, 11) is 0. The molecule has 3 rings (SSSR count). The lowest BCUT2D eigenvalue weighted by Crippen LogP contribution is -1.94. The van der Waals surface area contributed by atoms with E-state index in [1.165, 1.54) is 10.8 Å². The Kier molecular flexibility index (Phi) is 1.36. The smallest absolute Gasteiger partial charge is 0.146 e. The van der Waals surface area contributed by atoms with Crippen LogP contribution in [-0.4, -0.2) is 14.6 Å². The minimum Gasteiger partial charge on any atom is -0.238 e. The van der Waals surface area contributed by atoms with E-state index < -0.39 is 0 Å². The molecule has 3 nitrogen and oxygen atoms in total. The van der Waals surface area contributed by atoms with Crippen LogP contribution in [0.1, 0.15) is 5.82 Å². The third kappa shape index (κ3) is 0.923. The van der Waals surface area contributed by atoms with Crippen molar-refractivity contribution in [3.63, 3.8) is 0 Å². The highest BCUT2D eigenvalue weighted by Crippen LogP contribution is 2.19. The van der Waals surface area contributed by atoms with Gasteiger partial charge in [-0.05, 0) is 6.92 Å². The van der Waals surface area contributed by atoms with E-state index >= 15 is 0 Å². The van der Waals surface area contributed by atoms with Gasteiger partial charge in [-0.25, -0.2) is 9.50 Å². The highest BCUT2D eigenvalue weighted by atomic mass is 15.2. The van der Waals surface area contributed by atoms with Crippen molar-refractivity contribution in [3.05, 3.63) is 42.5 Å². The molecule has 0 saturated carbocycles. The van der Waals surface area contributed by atoms with Crippen LogP contribution in [0.15, 0.2) is 36.7 Å². The maximum atomic E-state index is 4.32. The van der Waals surface area contributed by atoms with E-state index in [0.29, 0.717) is 0 Å². The molecule has 0 N–H and O–H groups in total. The first-order chi connectivity index (χ1) is 6.84. The monoisotopic (exact) mass is 183 g/mol. The molecule has 68 valence electrons. The average molecular weight is 183 g/mol. The van der Waals surface area contributed by atoms with Crippen LogP contribution in [0.2, 0.25) is 0 Å². The van der Waals surface area contributed by atoms with E-state index in [1.54, 1.807) is 0 Å². The normalized spacial score (nSPS) is 11.2. The van der Waals surface area contributed by atoms with Crippen LogP contribution in [0, 0.1) is 6.92 Å². The molecule has 0 atom stereocenters. The lowest BCUT2D eigenvalue weighted by Gasteiger charge is -1.93. The molecule has 14 heavy (non-hydrogen) atoms. The number of hydrogen-bond donors (Lipinski definition) is 0. The Morgan fingerprint density at radius 2 is 2.07 bits per heavy atom. The Morgan fingerprint density at radius 3 is 3.00 bits per heavy atom. The second-order valence-corrected chi connectivity index (χ2v) is 3.35. The first-order valence-corrected chi connectivity index (χ1v) is 4.54. The fourth-order valence-corrected chi connectivity index (χ4v) is 1.72. The maximum Gasteiger partial charge on any atom is 0.146 e. The predicted molar refractivity (Wildman–Crippen MR) is 55.2 cm³/mol. The van der Waals surface area contributed by atoms with E-state index in [4.69, 9.17) is 0 Å². The Bertz CT molecular complexity index is 610. The van der Waals surface area contributed by atoms with Gasteiger partial charge in [-0.3, -0.25) is 0 Å². The number of aromatic nitrogens is 3. The third-order valence-electron chi connectivity index (χ3n) is 2.37. The van der Waals surface area contributed by atoms with E-state index in [2.05, 4.69) is 22.2 Å². The van der Waals surface area contributed by atoms with Gasteiger partial charge in [-0.1, -0.05) is 24.3 Å². The van der Waals surface area contributed by atoms with Crippen molar-refractivity contribution < 1.29 is 0 Å². The number of rotatable bonds is 0. The van der Waals surface area contributed by atoms with Gasteiger partial charge in [0.15, 0.2) is 0 Å². The van der Waals surface area contributed by atoms with Crippen molar-refractivity contribution in [2.45, 2.75) is 6.92 Å². The topological polar surface area (TPSA) is 30.2 Å². The second-order valence-electron chi connectivity index (χ2n) is 3.35. The van der Waals surface area contributed by atoms with Crippen LogP contribution in [0.4, 0.5) is 0 Å². The van der Waals surface area contributed by atoms with Crippen LogP contribution in [0.5, 0.6) is 0 Å². The quantitative estimate of drug-likeness (QED) is 0.534. The Hall–Kier alpha value is -1.90. The van der Waals surface area contributed by atoms with Crippen LogP contribution in [0.25, 0.3) is 16.3 Å². The second kappa shape index (κ2) is 2.54. The number of nitrogens with zero attached hydrogens (tertiary/aromatic N) is 3. The van der Waals surface area contributed by atoms with E-state index in [0.717, 1.165) is 11.3 Å². The van der Waals surface area contributed by atoms with Crippen LogP contribution >= 0.6 is 0 Å². The molecule has 2 aromatic heterocycles. The Balaban J connectivity index is 2.57. The Morgan fingerprint density at radius 1 is 1.21 bits per heavy atom. The molecule has 0 aliphatic carbocycles. The summed E-state index contributed by atoms with van der Waals surface area (Å²) < 4.78 is 1.88. The summed E-state index contributed by atoms with van der Waals surface area (Å²) in [5, 5.41) is 6.72. The summed E-state index contributed by atoms with van der Waals surface area (Å²) in [6.45, 7) is 1.89. The first kappa shape index (κ1) is 7.50. The summed E-state index contributed by atoms with van der Waals surface area (Å²) in [4.78, 5) is 4.20. The molecule has 3 heteroatoms. The van der Waals surface area contributed by atoms with Gasteiger partial charge in [0.25, 0.3) is 0 Å². The van der Waals surface area contributed by atoms with Crippen LogP contribution < -0.4 is 0 Å². The molecule has 2 heterocycles. The van der Waals surface area contributed by atoms with Gasteiger partial charge < -0.3 is 0 Å². The van der Waals surface area contributed by atoms with Crippen LogP contribution in [0.3, 0.4) is 0 Å². The van der Waals surface area contributed by atoms with Crippen molar-refractivity contribution in [3.8, 4) is 0 Å². The zero-order chi connectivity index (χ0) is 9.54. The van der Waals surface area contributed by atoms with Gasteiger partial charge >= 0.3 is 0 Å². The first-order valence-electron chi connectivity index (χ1n) is 4.54. The van der Waals surface area contributed by atoms with Crippen molar-refractivity contribution in [2.24, 2.45) is 0 Å². The van der Waals surface area contributed by atoms with E-state index in [1.807, 2.05) is 36.0 Å². The summed E-state index contributed by atoms with van der Waals surface area (Å²) in [5.41, 5.74) is 1.06. The average Bonchev–Trinajstić information content (AvgIpc) is 2.54. The molecule has 0 aliphatic heterocycles. The summed E-state index contributed by atoms with van der Waals surface area (Å²) >= 11 is 0. The molecule has 0 bridgehead atoms. The molecule has 0 fully saturated rings. The summed E-state index contributed by atoms with van der Waals surface area (Å²) in [5.74, 6) is 0.790. The van der Waals surface area contributed by atoms with Crippen LogP contribution in [-0.2, 0) is 0 Å². The third-order valence-corrected chi connectivity index (χ3v) is 2.37. The predicted octanol–water partition coefficient (Wildman–Crippen LogP) is 2.19. The highest BCUT2D eigenvalue weighted by molar-refractivity contribution is 5.96. The zero-order valence-electron chi connectivity index (χ0n) is 7.81. The largest absolute Gasteiger partial charge is 0.238 e. The number of fused-ring (bicyclic) bond motifs is 3. The molecule has 1 aromatic carbocycles. The fourth-order valence-electron chi connectivity index (χ4n) is 1.72. The van der Waals surface area contributed by atoms with Gasteiger partial charge in [0, 0.05) is 17.0 Å². The van der Waals surface area contributed by atoms with E-state index in [-0.39, 0.29) is 0 Å². The van der Waals surface area contributed by atoms with E-state index in [9.17, 15) is 0 Å². The number of hydrogen-bond acceptors (Lipinski definition) is 2. The van der Waals surface area contributed by atoms with Crippen molar-refractivity contribution in [1.29, 1.82) is 0 Å².